The summed E-state index contributed by atoms with van der Waals surface area (Å²) >= 11 is 0. The quantitative estimate of drug-likeness (QED) is 0.940. The first-order valence-electron chi connectivity index (χ1n) is 6.12. The van der Waals surface area contributed by atoms with Crippen molar-refractivity contribution in [1.82, 2.24) is 0 Å². The molecule has 0 spiro atoms. The zero-order chi connectivity index (χ0) is 14.8. The van der Waals surface area contributed by atoms with Gasteiger partial charge >= 0.3 is 0 Å². The monoisotopic (exact) mass is 292 g/mol. The van der Waals surface area contributed by atoms with Crippen molar-refractivity contribution in [2.75, 3.05) is 7.11 Å². The molecule has 0 amide bonds. The molecule has 0 saturated carbocycles. The van der Waals surface area contributed by atoms with Gasteiger partial charge in [-0.05, 0) is 42.8 Å². The standard InChI is InChI=1S/C15H16O4S/c1-11(16)12-6-8-14(9-7-12)20(17,18)15-5-3-4-13(10-15)19-2/h3-11,16H,1-2H3. The van der Waals surface area contributed by atoms with Crippen LogP contribution in [-0.4, -0.2) is 20.6 Å². The lowest BCUT2D eigenvalue weighted by Gasteiger charge is -2.08. The van der Waals surface area contributed by atoms with Gasteiger partial charge in [-0.3, -0.25) is 0 Å². The average Bonchev–Trinajstić information content (AvgIpc) is 2.47. The smallest absolute Gasteiger partial charge is 0.206 e. The van der Waals surface area contributed by atoms with E-state index >= 15 is 0 Å². The Bertz CT molecular complexity index is 688. The Morgan fingerprint density at radius 1 is 1.05 bits per heavy atom. The van der Waals surface area contributed by atoms with Crippen molar-refractivity contribution in [3.05, 3.63) is 54.1 Å². The number of sulfone groups is 1. The number of aliphatic hydroxyl groups excluding tert-OH is 1. The SMILES string of the molecule is COc1cccc(S(=O)(=O)c2ccc(C(C)O)cc2)c1. The minimum atomic E-state index is -3.58. The second kappa shape index (κ2) is 5.64. The van der Waals surface area contributed by atoms with Crippen LogP contribution in [0.4, 0.5) is 0 Å². The van der Waals surface area contributed by atoms with Crippen molar-refractivity contribution < 1.29 is 18.3 Å². The van der Waals surface area contributed by atoms with Crippen LogP contribution in [0.3, 0.4) is 0 Å². The van der Waals surface area contributed by atoms with Crippen molar-refractivity contribution >= 4 is 9.84 Å². The zero-order valence-electron chi connectivity index (χ0n) is 11.3. The largest absolute Gasteiger partial charge is 0.497 e. The van der Waals surface area contributed by atoms with Crippen LogP contribution in [0.1, 0.15) is 18.6 Å². The summed E-state index contributed by atoms with van der Waals surface area (Å²) in [6.45, 7) is 1.63. The summed E-state index contributed by atoms with van der Waals surface area (Å²) in [6.07, 6.45) is -0.622. The van der Waals surface area contributed by atoms with E-state index in [0.717, 1.165) is 0 Å². The molecular weight excluding hydrogens is 276 g/mol. The fourth-order valence-corrected chi connectivity index (χ4v) is 3.13. The van der Waals surface area contributed by atoms with Gasteiger partial charge in [-0.15, -0.1) is 0 Å². The van der Waals surface area contributed by atoms with Gasteiger partial charge in [-0.25, -0.2) is 8.42 Å². The van der Waals surface area contributed by atoms with Crippen LogP contribution in [0.25, 0.3) is 0 Å². The number of ether oxygens (including phenoxy) is 1. The summed E-state index contributed by atoms with van der Waals surface area (Å²) in [7, 11) is -2.09. The molecule has 0 saturated heterocycles. The summed E-state index contributed by atoms with van der Waals surface area (Å²) in [5.74, 6) is 0.492. The predicted octanol–water partition coefficient (Wildman–Crippen LogP) is 2.58. The van der Waals surface area contributed by atoms with Crippen LogP contribution >= 0.6 is 0 Å². The Kier molecular flexibility index (Phi) is 4.11. The first-order valence-corrected chi connectivity index (χ1v) is 7.60. The number of rotatable bonds is 4. The van der Waals surface area contributed by atoms with Gasteiger partial charge in [0.05, 0.1) is 23.0 Å². The van der Waals surface area contributed by atoms with E-state index in [-0.39, 0.29) is 9.79 Å². The van der Waals surface area contributed by atoms with E-state index in [9.17, 15) is 13.5 Å². The predicted molar refractivity (Wildman–Crippen MR) is 75.5 cm³/mol. The Balaban J connectivity index is 2.43. The second-order valence-electron chi connectivity index (χ2n) is 4.43. The maximum atomic E-state index is 12.5. The first-order chi connectivity index (χ1) is 9.45. The molecule has 0 radical (unpaired) electrons. The van der Waals surface area contributed by atoms with E-state index in [1.807, 2.05) is 0 Å². The van der Waals surface area contributed by atoms with Crippen LogP contribution < -0.4 is 4.74 Å². The van der Waals surface area contributed by atoms with E-state index in [2.05, 4.69) is 0 Å². The zero-order valence-corrected chi connectivity index (χ0v) is 12.1. The first kappa shape index (κ1) is 14.6. The molecule has 4 nitrogen and oxygen atoms in total. The van der Waals surface area contributed by atoms with Crippen LogP contribution in [0, 0.1) is 0 Å². The number of aliphatic hydroxyl groups is 1. The van der Waals surface area contributed by atoms with Gasteiger partial charge in [0.1, 0.15) is 5.75 Å². The molecule has 2 aromatic carbocycles. The molecule has 0 aliphatic carbocycles. The summed E-state index contributed by atoms with van der Waals surface area (Å²) in [4.78, 5) is 0.372. The fraction of sp³-hybridized carbons (Fsp3) is 0.200. The lowest BCUT2D eigenvalue weighted by atomic mass is 10.1. The highest BCUT2D eigenvalue weighted by atomic mass is 32.2. The summed E-state index contributed by atoms with van der Waals surface area (Å²) in [5, 5.41) is 9.44. The molecule has 0 bridgehead atoms. The molecule has 0 aromatic heterocycles. The Morgan fingerprint density at radius 3 is 2.25 bits per heavy atom. The van der Waals surface area contributed by atoms with Gasteiger partial charge < -0.3 is 9.84 Å². The molecule has 0 aliphatic rings. The molecule has 2 aromatic rings. The molecule has 0 heterocycles. The molecule has 1 atom stereocenters. The number of benzene rings is 2. The van der Waals surface area contributed by atoms with Crippen molar-refractivity contribution in [1.29, 1.82) is 0 Å². The Labute approximate surface area is 118 Å². The van der Waals surface area contributed by atoms with Gasteiger partial charge in [0.25, 0.3) is 0 Å². The van der Waals surface area contributed by atoms with Gasteiger partial charge in [0.15, 0.2) is 0 Å². The molecular formula is C15H16O4S. The summed E-state index contributed by atoms with van der Waals surface area (Å²) < 4.78 is 30.0. The highest BCUT2D eigenvalue weighted by Crippen LogP contribution is 2.25. The lowest BCUT2D eigenvalue weighted by molar-refractivity contribution is 0.199. The van der Waals surface area contributed by atoms with E-state index in [0.29, 0.717) is 11.3 Å². The molecule has 1 N–H and O–H groups in total. The average molecular weight is 292 g/mol. The normalized spacial score (nSPS) is 12.9. The molecule has 0 fully saturated rings. The third-order valence-corrected chi connectivity index (χ3v) is 4.79. The maximum absolute atomic E-state index is 12.5. The molecule has 106 valence electrons. The number of hydrogen-bond donors (Lipinski definition) is 1. The highest BCUT2D eigenvalue weighted by Gasteiger charge is 2.18. The lowest BCUT2D eigenvalue weighted by Crippen LogP contribution is -2.03. The second-order valence-corrected chi connectivity index (χ2v) is 6.38. The number of methoxy groups -OCH3 is 1. The minimum absolute atomic E-state index is 0.182. The van der Waals surface area contributed by atoms with Crippen LogP contribution in [0.5, 0.6) is 5.75 Å². The van der Waals surface area contributed by atoms with E-state index in [4.69, 9.17) is 4.74 Å². The van der Waals surface area contributed by atoms with E-state index in [1.165, 1.54) is 31.4 Å². The molecule has 0 aliphatic heterocycles. The van der Waals surface area contributed by atoms with Crippen molar-refractivity contribution in [3.63, 3.8) is 0 Å². The van der Waals surface area contributed by atoms with Gasteiger partial charge in [0, 0.05) is 0 Å². The fourth-order valence-electron chi connectivity index (χ4n) is 1.83. The Hall–Kier alpha value is -1.85. The van der Waals surface area contributed by atoms with Gasteiger partial charge in [-0.2, -0.15) is 0 Å². The van der Waals surface area contributed by atoms with Crippen LogP contribution in [0.15, 0.2) is 58.3 Å². The highest BCUT2D eigenvalue weighted by molar-refractivity contribution is 7.91. The molecule has 5 heteroatoms. The van der Waals surface area contributed by atoms with Crippen molar-refractivity contribution in [2.45, 2.75) is 22.8 Å². The van der Waals surface area contributed by atoms with Crippen molar-refractivity contribution in [3.8, 4) is 5.75 Å². The summed E-state index contributed by atoms with van der Waals surface area (Å²) in [6, 6.07) is 12.5. The summed E-state index contributed by atoms with van der Waals surface area (Å²) in [5.41, 5.74) is 0.676. The molecule has 20 heavy (non-hydrogen) atoms. The Morgan fingerprint density at radius 2 is 1.70 bits per heavy atom. The third-order valence-electron chi connectivity index (χ3n) is 3.02. The van der Waals surface area contributed by atoms with E-state index < -0.39 is 15.9 Å². The topological polar surface area (TPSA) is 63.6 Å². The van der Waals surface area contributed by atoms with E-state index in [1.54, 1.807) is 31.2 Å². The molecule has 1 unspecified atom stereocenters. The number of hydrogen-bond acceptors (Lipinski definition) is 4. The van der Waals surface area contributed by atoms with Crippen LogP contribution in [0.2, 0.25) is 0 Å². The maximum Gasteiger partial charge on any atom is 0.206 e. The third kappa shape index (κ3) is 2.84. The van der Waals surface area contributed by atoms with Gasteiger partial charge in [0.2, 0.25) is 9.84 Å². The van der Waals surface area contributed by atoms with Crippen molar-refractivity contribution in [2.24, 2.45) is 0 Å². The minimum Gasteiger partial charge on any atom is -0.497 e. The molecule has 2 rings (SSSR count). The van der Waals surface area contributed by atoms with Crippen LogP contribution in [-0.2, 0) is 9.84 Å². The van der Waals surface area contributed by atoms with Gasteiger partial charge in [-0.1, -0.05) is 18.2 Å².